The number of nitrogens with zero attached hydrogens (tertiary/aromatic N) is 4. The average Bonchev–Trinajstić information content (AvgIpc) is 3.58. The first-order chi connectivity index (χ1) is 21.5. The number of carbonyl (C=O) groups is 1. The molecule has 7 aromatic rings. The van der Waals surface area contributed by atoms with Gasteiger partial charge in [-0.2, -0.15) is 0 Å². The highest BCUT2D eigenvalue weighted by molar-refractivity contribution is 6.22. The molecule has 44 heavy (non-hydrogen) atoms. The summed E-state index contributed by atoms with van der Waals surface area (Å²) in [6.07, 6.45) is 2.78. The number of imidazole rings is 1. The van der Waals surface area contributed by atoms with Crippen molar-refractivity contribution in [1.29, 1.82) is 0 Å². The Bertz CT molecular complexity index is 2530. The molecule has 4 heterocycles. The van der Waals surface area contributed by atoms with Gasteiger partial charge in [-0.25, -0.2) is 4.98 Å². The summed E-state index contributed by atoms with van der Waals surface area (Å²) in [4.78, 5) is 37.1. The Morgan fingerprint density at radius 2 is 1.52 bits per heavy atom. The molecule has 6 nitrogen and oxygen atoms in total. The van der Waals surface area contributed by atoms with Crippen molar-refractivity contribution >= 4 is 61.6 Å². The fraction of sp³-hybridized carbons (Fsp3) is 0.132. The van der Waals surface area contributed by atoms with Gasteiger partial charge in [0.05, 0.1) is 22.4 Å². The second kappa shape index (κ2) is 8.77. The molecule has 0 N–H and O–H groups in total. The maximum absolute atomic E-state index is 14.1. The maximum Gasteiger partial charge on any atom is 0.264 e. The van der Waals surface area contributed by atoms with Crippen LogP contribution in [0.25, 0.3) is 55.4 Å². The summed E-state index contributed by atoms with van der Waals surface area (Å²) >= 11 is 0. The standard InChI is InChI=1S/C38H28N4O2/c1-4-10-25-33-21(2)22(17-19-27(33)37(43)41-30-14-6-5-13-29(30)39-35(25)41)23-18-20-28-34-24(23)11-9-12-26(34)36-40(3)31-15-7-8-16-32(31)42(36)38(28)44/h5-20,36H,4H2,1-3H3/b25-10+. The van der Waals surface area contributed by atoms with Gasteiger partial charge in [0, 0.05) is 39.6 Å². The van der Waals surface area contributed by atoms with Crippen molar-refractivity contribution in [2.45, 2.75) is 26.4 Å². The van der Waals surface area contributed by atoms with E-state index in [4.69, 9.17) is 4.98 Å². The van der Waals surface area contributed by atoms with E-state index in [-0.39, 0.29) is 17.6 Å². The molecular formula is C38H28N4O2. The minimum absolute atomic E-state index is 0.0156. The topological polar surface area (TPSA) is 57.9 Å². The zero-order chi connectivity index (χ0) is 29.9. The highest BCUT2D eigenvalue weighted by Crippen LogP contribution is 2.51. The number of hydrogen-bond acceptors (Lipinski definition) is 4. The fourth-order valence-corrected chi connectivity index (χ4v) is 7.73. The first-order valence-electron chi connectivity index (χ1n) is 15.1. The van der Waals surface area contributed by atoms with Crippen molar-refractivity contribution in [3.8, 4) is 11.1 Å². The molecular weight excluding hydrogens is 544 g/mol. The second-order valence-corrected chi connectivity index (χ2v) is 11.8. The number of pyridine rings is 1. The third kappa shape index (κ3) is 3.02. The molecule has 1 unspecified atom stereocenters. The summed E-state index contributed by atoms with van der Waals surface area (Å²) in [5.74, 6) is 0.0156. The van der Waals surface area contributed by atoms with Gasteiger partial charge >= 0.3 is 0 Å². The number of para-hydroxylation sites is 4. The number of anilines is 2. The Morgan fingerprint density at radius 3 is 2.36 bits per heavy atom. The minimum Gasteiger partial charge on any atom is -0.348 e. The molecule has 1 atom stereocenters. The third-order valence-corrected chi connectivity index (χ3v) is 9.60. The maximum atomic E-state index is 14.1. The molecule has 5 aromatic carbocycles. The summed E-state index contributed by atoms with van der Waals surface area (Å²) < 4.78 is 1.76. The van der Waals surface area contributed by atoms with Crippen molar-refractivity contribution in [2.75, 3.05) is 16.8 Å². The SMILES string of the molecule is CC/C=c1\c2c(C)c(-c3ccc4c5c(cccc35)C3N(C)c5ccccc5N3C4=O)ccc2c(=O)n2c1nc1ccccc12. The van der Waals surface area contributed by atoms with E-state index in [1.165, 1.54) is 0 Å². The van der Waals surface area contributed by atoms with E-state index < -0.39 is 0 Å². The molecule has 9 rings (SSSR count). The minimum atomic E-state index is -0.208. The van der Waals surface area contributed by atoms with Gasteiger partial charge in [-0.15, -0.1) is 0 Å². The van der Waals surface area contributed by atoms with Crippen LogP contribution in [0.2, 0.25) is 0 Å². The van der Waals surface area contributed by atoms with Gasteiger partial charge in [0.25, 0.3) is 11.5 Å². The summed E-state index contributed by atoms with van der Waals surface area (Å²) in [7, 11) is 2.06. The van der Waals surface area contributed by atoms with E-state index in [1.807, 2.05) is 59.5 Å². The Labute approximate surface area is 253 Å². The molecule has 0 spiro atoms. The van der Waals surface area contributed by atoms with Crippen molar-refractivity contribution < 1.29 is 4.79 Å². The highest BCUT2D eigenvalue weighted by atomic mass is 16.2. The largest absolute Gasteiger partial charge is 0.348 e. The van der Waals surface area contributed by atoms with Gasteiger partial charge in [-0.05, 0) is 71.8 Å². The van der Waals surface area contributed by atoms with Crippen LogP contribution in [0.5, 0.6) is 0 Å². The van der Waals surface area contributed by atoms with Crippen LogP contribution >= 0.6 is 0 Å². The first kappa shape index (κ1) is 25.0. The molecule has 2 aliphatic rings. The van der Waals surface area contributed by atoms with Crippen LogP contribution in [0, 0.1) is 6.92 Å². The fourth-order valence-electron chi connectivity index (χ4n) is 7.73. The number of fused-ring (bicyclic) bond motifs is 8. The molecule has 0 saturated heterocycles. The Balaban J connectivity index is 1.33. The van der Waals surface area contributed by atoms with Crippen molar-refractivity contribution in [3.63, 3.8) is 0 Å². The monoisotopic (exact) mass is 572 g/mol. The number of carbonyl (C=O) groups excluding carboxylic acids is 1. The summed E-state index contributed by atoms with van der Waals surface area (Å²) in [6.45, 7) is 4.22. The van der Waals surface area contributed by atoms with Crippen LogP contribution in [0.15, 0.2) is 95.8 Å². The number of aromatic nitrogens is 2. The van der Waals surface area contributed by atoms with Gasteiger partial charge in [0.15, 0.2) is 0 Å². The number of rotatable bonds is 2. The second-order valence-electron chi connectivity index (χ2n) is 11.8. The molecule has 0 aliphatic carbocycles. The molecule has 0 saturated carbocycles. The Hall–Kier alpha value is -5.49. The van der Waals surface area contributed by atoms with Crippen molar-refractivity contribution in [3.05, 3.63) is 123 Å². The molecule has 6 heteroatoms. The van der Waals surface area contributed by atoms with Gasteiger partial charge in [-0.3, -0.25) is 18.9 Å². The van der Waals surface area contributed by atoms with E-state index in [9.17, 15) is 9.59 Å². The smallest absolute Gasteiger partial charge is 0.264 e. The third-order valence-electron chi connectivity index (χ3n) is 9.60. The lowest BCUT2D eigenvalue weighted by molar-refractivity contribution is 0.0977. The lowest BCUT2D eigenvalue weighted by Gasteiger charge is -2.35. The quantitative estimate of drug-likeness (QED) is 0.221. The van der Waals surface area contributed by atoms with Gasteiger partial charge < -0.3 is 4.90 Å². The zero-order valence-electron chi connectivity index (χ0n) is 24.6. The normalized spacial score (nSPS) is 16.1. The number of benzene rings is 5. The molecule has 0 fully saturated rings. The number of hydrogen-bond donors (Lipinski definition) is 0. The van der Waals surface area contributed by atoms with Crippen molar-refractivity contribution in [2.24, 2.45) is 0 Å². The van der Waals surface area contributed by atoms with E-state index in [1.54, 1.807) is 4.40 Å². The van der Waals surface area contributed by atoms with Crippen LogP contribution in [-0.2, 0) is 0 Å². The summed E-state index contributed by atoms with van der Waals surface area (Å²) in [5.41, 5.74) is 9.21. The predicted octanol–water partition coefficient (Wildman–Crippen LogP) is 7.15. The van der Waals surface area contributed by atoms with Gasteiger partial charge in [0.2, 0.25) is 0 Å². The molecule has 2 aromatic heterocycles. The lowest BCUT2D eigenvalue weighted by atomic mass is 9.86. The number of amides is 1. The van der Waals surface area contributed by atoms with Crippen LogP contribution in [0.3, 0.4) is 0 Å². The first-order valence-corrected chi connectivity index (χ1v) is 15.1. The van der Waals surface area contributed by atoms with E-state index in [2.05, 4.69) is 68.3 Å². The lowest BCUT2D eigenvalue weighted by Crippen LogP contribution is -2.41. The van der Waals surface area contributed by atoms with Crippen molar-refractivity contribution in [1.82, 2.24) is 9.38 Å². The van der Waals surface area contributed by atoms with Gasteiger partial charge in [0.1, 0.15) is 11.8 Å². The molecule has 1 amide bonds. The number of aryl methyl sites for hydroxylation is 1. The zero-order valence-corrected chi connectivity index (χ0v) is 24.6. The average molecular weight is 573 g/mol. The Morgan fingerprint density at radius 1 is 0.773 bits per heavy atom. The van der Waals surface area contributed by atoms with E-state index in [0.717, 1.165) is 72.5 Å². The molecule has 212 valence electrons. The van der Waals surface area contributed by atoms with Crippen LogP contribution in [-0.4, -0.2) is 22.3 Å². The molecule has 0 bridgehead atoms. The molecule has 2 aliphatic heterocycles. The van der Waals surface area contributed by atoms with Crippen LogP contribution in [0.4, 0.5) is 11.4 Å². The van der Waals surface area contributed by atoms with E-state index >= 15 is 0 Å². The summed E-state index contributed by atoms with van der Waals surface area (Å²) in [5, 5.41) is 4.63. The van der Waals surface area contributed by atoms with Crippen LogP contribution < -0.4 is 20.6 Å². The van der Waals surface area contributed by atoms with E-state index in [0.29, 0.717) is 16.6 Å². The Kier molecular flexibility index (Phi) is 4.99. The van der Waals surface area contributed by atoms with Gasteiger partial charge in [-0.1, -0.05) is 67.6 Å². The molecule has 0 radical (unpaired) electrons. The predicted molar refractivity (Wildman–Crippen MR) is 179 cm³/mol. The summed E-state index contributed by atoms with van der Waals surface area (Å²) in [6, 6.07) is 30.4. The van der Waals surface area contributed by atoms with Crippen LogP contribution in [0.1, 0.15) is 41.0 Å². The highest BCUT2D eigenvalue weighted by Gasteiger charge is 2.43.